The minimum Gasteiger partial charge on any atom is -0.468 e. The zero-order valence-electron chi connectivity index (χ0n) is 11.9. The first-order valence-electron chi connectivity index (χ1n) is 6.44. The lowest BCUT2D eigenvalue weighted by molar-refractivity contribution is -0.141. The average Bonchev–Trinajstić information content (AvgIpc) is 3.16. The van der Waals surface area contributed by atoms with Gasteiger partial charge in [-0.3, -0.25) is 9.59 Å². The summed E-state index contributed by atoms with van der Waals surface area (Å²) in [6, 6.07) is 5.47. The van der Waals surface area contributed by atoms with E-state index in [-0.39, 0.29) is 17.1 Å². The van der Waals surface area contributed by atoms with Gasteiger partial charge in [-0.15, -0.1) is 0 Å². The third kappa shape index (κ3) is 3.04. The van der Waals surface area contributed by atoms with Crippen molar-refractivity contribution in [3.8, 4) is 0 Å². The summed E-state index contributed by atoms with van der Waals surface area (Å²) in [5, 5.41) is 3.44. The van der Waals surface area contributed by atoms with E-state index >= 15 is 0 Å². The number of halogens is 1. The van der Waals surface area contributed by atoms with Crippen LogP contribution >= 0.6 is 11.3 Å². The summed E-state index contributed by atoms with van der Waals surface area (Å²) < 4.78 is 24.8. The van der Waals surface area contributed by atoms with Crippen molar-refractivity contribution < 1.29 is 23.2 Å². The molecule has 0 aliphatic rings. The number of hydrogen-bond donors (Lipinski definition) is 0. The van der Waals surface area contributed by atoms with Crippen LogP contribution in [0.5, 0.6) is 0 Å². The highest BCUT2D eigenvalue weighted by Gasteiger charge is 2.14. The lowest BCUT2D eigenvalue weighted by Crippen LogP contribution is -2.22. The Morgan fingerprint density at radius 2 is 2.26 bits per heavy atom. The first-order valence-corrected chi connectivity index (χ1v) is 7.25. The lowest BCUT2D eigenvalue weighted by Gasteiger charge is -2.03. The number of rotatable bonds is 3. The van der Waals surface area contributed by atoms with E-state index in [1.807, 2.05) is 0 Å². The Balaban J connectivity index is 2.16. The second-order valence-corrected chi connectivity index (χ2v) is 5.46. The van der Waals surface area contributed by atoms with Crippen LogP contribution in [0.3, 0.4) is 0 Å². The number of thiazole rings is 1. The first-order chi connectivity index (χ1) is 11.1. The number of ether oxygens (including phenoxy) is 1. The topological polar surface area (TPSA) is 86.7 Å². The molecule has 0 aliphatic carbocycles. The fraction of sp³-hybridized carbons (Fsp3) is 0.143. The lowest BCUT2D eigenvalue weighted by atomic mass is 10.3. The number of aromatic nitrogens is 2. The Hall–Kier alpha value is -2.81. The number of esters is 1. The van der Waals surface area contributed by atoms with Crippen molar-refractivity contribution in [2.45, 2.75) is 6.54 Å². The summed E-state index contributed by atoms with van der Waals surface area (Å²) in [6.07, 6.45) is 1.32. The fourth-order valence-electron chi connectivity index (χ4n) is 1.95. The van der Waals surface area contributed by atoms with Gasteiger partial charge >= 0.3 is 11.9 Å². The van der Waals surface area contributed by atoms with Crippen LogP contribution < -0.4 is 4.80 Å². The van der Waals surface area contributed by atoms with Crippen LogP contribution in [0, 0.1) is 5.82 Å². The number of methoxy groups -OCH3 is 1. The summed E-state index contributed by atoms with van der Waals surface area (Å²) >= 11 is 1.08. The number of nitrogens with zero attached hydrogens (tertiary/aromatic N) is 3. The summed E-state index contributed by atoms with van der Waals surface area (Å²) in [4.78, 5) is 27.8. The van der Waals surface area contributed by atoms with Crippen LogP contribution in [0.2, 0.25) is 0 Å². The van der Waals surface area contributed by atoms with Gasteiger partial charge in [-0.2, -0.15) is 4.99 Å². The van der Waals surface area contributed by atoms with E-state index in [4.69, 9.17) is 4.52 Å². The monoisotopic (exact) mass is 335 g/mol. The molecule has 0 atom stereocenters. The van der Waals surface area contributed by atoms with Gasteiger partial charge in [-0.25, -0.2) is 4.39 Å². The van der Waals surface area contributed by atoms with Crippen LogP contribution in [-0.2, 0) is 16.1 Å². The largest absolute Gasteiger partial charge is 0.468 e. The highest BCUT2D eigenvalue weighted by molar-refractivity contribution is 7.16. The molecule has 1 aromatic carbocycles. The molecule has 2 heterocycles. The summed E-state index contributed by atoms with van der Waals surface area (Å²) in [6.45, 7) is -0.148. The standard InChI is InChI=1S/C14H10FN3O4S/c1-21-12(19)7-18-9-3-2-8(15)6-11(9)23-14(18)17-13(20)10-4-5-16-22-10/h2-6H,7H2,1H3. The molecule has 7 nitrogen and oxygen atoms in total. The predicted molar refractivity (Wildman–Crippen MR) is 78.2 cm³/mol. The van der Waals surface area contributed by atoms with Crippen molar-refractivity contribution in [1.29, 1.82) is 0 Å². The zero-order valence-corrected chi connectivity index (χ0v) is 12.7. The molecule has 0 aliphatic heterocycles. The Morgan fingerprint density at radius 3 is 2.96 bits per heavy atom. The van der Waals surface area contributed by atoms with Gasteiger partial charge in [-0.1, -0.05) is 16.5 Å². The second kappa shape index (κ2) is 6.13. The van der Waals surface area contributed by atoms with E-state index in [1.54, 1.807) is 0 Å². The molecule has 0 saturated heterocycles. The van der Waals surface area contributed by atoms with Crippen molar-refractivity contribution in [1.82, 2.24) is 9.72 Å². The van der Waals surface area contributed by atoms with E-state index in [0.29, 0.717) is 10.2 Å². The molecule has 0 fully saturated rings. The van der Waals surface area contributed by atoms with Crippen LogP contribution in [0.1, 0.15) is 10.6 Å². The Labute approximate surface area is 132 Å². The van der Waals surface area contributed by atoms with E-state index in [2.05, 4.69) is 14.9 Å². The maximum Gasteiger partial charge on any atom is 0.325 e. The normalized spacial score (nSPS) is 11.8. The van der Waals surface area contributed by atoms with Crippen LogP contribution in [-0.4, -0.2) is 28.7 Å². The van der Waals surface area contributed by atoms with Gasteiger partial charge in [-0.05, 0) is 18.2 Å². The molecule has 0 saturated carbocycles. The van der Waals surface area contributed by atoms with Gasteiger partial charge in [0.05, 0.1) is 23.5 Å². The van der Waals surface area contributed by atoms with Gasteiger partial charge in [0.2, 0.25) is 5.76 Å². The molecule has 0 bridgehead atoms. The summed E-state index contributed by atoms with van der Waals surface area (Å²) in [5.74, 6) is -1.61. The molecular weight excluding hydrogens is 325 g/mol. The minimum atomic E-state index is -0.645. The predicted octanol–water partition coefficient (Wildman–Crippen LogP) is 1.74. The van der Waals surface area contributed by atoms with Gasteiger partial charge in [0.1, 0.15) is 12.4 Å². The number of carbonyl (C=O) groups is 2. The van der Waals surface area contributed by atoms with E-state index in [1.165, 1.54) is 42.1 Å². The first kappa shape index (κ1) is 15.1. The maximum atomic E-state index is 13.4. The Bertz CT molecular complexity index is 943. The third-order valence-electron chi connectivity index (χ3n) is 3.01. The maximum absolute atomic E-state index is 13.4. The van der Waals surface area contributed by atoms with Gasteiger partial charge in [0, 0.05) is 6.07 Å². The van der Waals surface area contributed by atoms with Crippen LogP contribution in [0.15, 0.2) is 40.0 Å². The minimum absolute atomic E-state index is 0.0294. The molecule has 3 aromatic rings. The fourth-order valence-corrected chi connectivity index (χ4v) is 3.00. The molecule has 0 unspecified atom stereocenters. The summed E-state index contributed by atoms with van der Waals surface area (Å²) in [7, 11) is 1.26. The van der Waals surface area contributed by atoms with Crippen molar-refractivity contribution in [3.05, 3.63) is 46.8 Å². The number of hydrogen-bond acceptors (Lipinski definition) is 6. The van der Waals surface area contributed by atoms with E-state index in [0.717, 1.165) is 11.3 Å². The van der Waals surface area contributed by atoms with Crippen molar-refractivity contribution in [3.63, 3.8) is 0 Å². The molecule has 0 N–H and O–H groups in total. The SMILES string of the molecule is COC(=O)Cn1c(=NC(=O)c2ccno2)sc2cc(F)ccc21. The number of benzene rings is 1. The van der Waals surface area contributed by atoms with E-state index < -0.39 is 17.7 Å². The quantitative estimate of drug-likeness (QED) is 0.681. The summed E-state index contributed by atoms with van der Waals surface area (Å²) in [5.41, 5.74) is 0.575. The molecule has 1 amide bonds. The van der Waals surface area contributed by atoms with Crippen molar-refractivity contribution in [2.24, 2.45) is 4.99 Å². The zero-order chi connectivity index (χ0) is 16.4. The number of fused-ring (bicyclic) bond motifs is 1. The number of amides is 1. The molecular formula is C14H10FN3O4S. The molecule has 9 heteroatoms. The Morgan fingerprint density at radius 1 is 1.43 bits per heavy atom. The van der Waals surface area contributed by atoms with Crippen LogP contribution in [0.4, 0.5) is 4.39 Å². The highest BCUT2D eigenvalue weighted by atomic mass is 32.1. The third-order valence-corrected chi connectivity index (χ3v) is 4.05. The number of carbonyl (C=O) groups excluding carboxylic acids is 2. The van der Waals surface area contributed by atoms with Crippen molar-refractivity contribution >= 4 is 33.4 Å². The molecule has 118 valence electrons. The smallest absolute Gasteiger partial charge is 0.325 e. The van der Waals surface area contributed by atoms with Crippen LogP contribution in [0.25, 0.3) is 10.2 Å². The molecule has 23 heavy (non-hydrogen) atoms. The van der Waals surface area contributed by atoms with Gasteiger partial charge < -0.3 is 13.8 Å². The highest BCUT2D eigenvalue weighted by Crippen LogP contribution is 2.19. The molecule has 0 spiro atoms. The average molecular weight is 335 g/mol. The molecule has 2 aromatic heterocycles. The molecule has 0 radical (unpaired) electrons. The second-order valence-electron chi connectivity index (χ2n) is 4.45. The van der Waals surface area contributed by atoms with Gasteiger partial charge in [0.25, 0.3) is 0 Å². The van der Waals surface area contributed by atoms with E-state index in [9.17, 15) is 14.0 Å². The van der Waals surface area contributed by atoms with Crippen molar-refractivity contribution in [2.75, 3.05) is 7.11 Å². The molecule has 3 rings (SSSR count). The Kier molecular flexibility index (Phi) is 4.02. The van der Waals surface area contributed by atoms with Gasteiger partial charge in [0.15, 0.2) is 4.80 Å².